The van der Waals surface area contributed by atoms with Crippen LogP contribution in [-0.4, -0.2) is 73.0 Å². The summed E-state index contributed by atoms with van der Waals surface area (Å²) >= 11 is 0. The number of hydrogen-bond acceptors (Lipinski definition) is 4. The third-order valence-corrected chi connectivity index (χ3v) is 3.95. The second kappa shape index (κ2) is 6.85. The molecule has 4 heteroatoms. The molecule has 2 fully saturated rings. The van der Waals surface area contributed by atoms with E-state index in [0.29, 0.717) is 6.10 Å². The molecular weight excluding hydrogens is 228 g/mol. The Morgan fingerprint density at radius 1 is 1.06 bits per heavy atom. The van der Waals surface area contributed by atoms with Crippen LogP contribution in [0.1, 0.15) is 26.7 Å². The topological polar surface area (TPSA) is 35.9 Å². The van der Waals surface area contributed by atoms with Crippen LogP contribution in [0, 0.1) is 5.92 Å². The molecule has 0 saturated carbocycles. The molecule has 4 nitrogen and oxygen atoms in total. The van der Waals surface area contributed by atoms with Crippen LogP contribution in [0.15, 0.2) is 0 Å². The largest absolute Gasteiger partial charge is 0.394 e. The molecule has 106 valence electrons. The minimum absolute atomic E-state index is 0.0947. The van der Waals surface area contributed by atoms with Gasteiger partial charge in [-0.2, -0.15) is 0 Å². The predicted octanol–water partition coefficient (Wildman–Crippen LogP) is 0.800. The first kappa shape index (κ1) is 14.3. The second-order valence-corrected chi connectivity index (χ2v) is 6.14. The van der Waals surface area contributed by atoms with Crippen molar-refractivity contribution in [2.75, 3.05) is 45.9 Å². The Labute approximate surface area is 111 Å². The van der Waals surface area contributed by atoms with Gasteiger partial charge in [-0.1, -0.05) is 13.8 Å². The standard InChI is InChI=1S/C14H28N2O2/c1-12(2)9-15-5-7-16(8-6-15)10-13-3-4-14(11-17)18-13/h12-14,17H,3-11H2,1-2H3/t13-,14+/m0/s1. The number of aliphatic hydroxyl groups excluding tert-OH is 1. The SMILES string of the molecule is CC(C)CN1CCN(C[C@@H]2CC[C@H](CO)O2)CC1. The molecule has 0 radical (unpaired) electrons. The highest BCUT2D eigenvalue weighted by Gasteiger charge is 2.27. The van der Waals surface area contributed by atoms with Crippen LogP contribution in [0.2, 0.25) is 0 Å². The van der Waals surface area contributed by atoms with Gasteiger partial charge in [0.25, 0.3) is 0 Å². The maximum Gasteiger partial charge on any atom is 0.0811 e. The predicted molar refractivity (Wildman–Crippen MR) is 72.7 cm³/mol. The maximum absolute atomic E-state index is 9.06. The van der Waals surface area contributed by atoms with Crippen molar-refractivity contribution in [3.05, 3.63) is 0 Å². The quantitative estimate of drug-likeness (QED) is 0.789. The van der Waals surface area contributed by atoms with Crippen LogP contribution < -0.4 is 0 Å². The summed E-state index contributed by atoms with van der Waals surface area (Å²) in [5, 5.41) is 9.06. The zero-order valence-corrected chi connectivity index (χ0v) is 11.8. The van der Waals surface area contributed by atoms with Crippen LogP contribution in [0.25, 0.3) is 0 Å². The first-order chi connectivity index (χ1) is 8.67. The van der Waals surface area contributed by atoms with E-state index in [1.54, 1.807) is 0 Å². The second-order valence-electron chi connectivity index (χ2n) is 6.14. The van der Waals surface area contributed by atoms with Crippen LogP contribution in [0.3, 0.4) is 0 Å². The Balaban J connectivity index is 1.65. The van der Waals surface area contributed by atoms with Crippen molar-refractivity contribution < 1.29 is 9.84 Å². The van der Waals surface area contributed by atoms with E-state index in [-0.39, 0.29) is 12.7 Å². The molecule has 0 amide bonds. The summed E-state index contributed by atoms with van der Waals surface area (Å²) in [5.74, 6) is 0.764. The normalized spacial score (nSPS) is 31.3. The van der Waals surface area contributed by atoms with Gasteiger partial charge in [0, 0.05) is 39.3 Å². The van der Waals surface area contributed by atoms with E-state index >= 15 is 0 Å². The maximum atomic E-state index is 9.06. The van der Waals surface area contributed by atoms with Gasteiger partial charge in [-0.15, -0.1) is 0 Å². The lowest BCUT2D eigenvalue weighted by Crippen LogP contribution is -2.49. The zero-order valence-electron chi connectivity index (χ0n) is 11.8. The molecule has 2 saturated heterocycles. The van der Waals surface area contributed by atoms with Crippen molar-refractivity contribution in [2.45, 2.75) is 38.9 Å². The molecule has 1 N–H and O–H groups in total. The summed E-state index contributed by atoms with van der Waals surface area (Å²) in [4.78, 5) is 5.08. The average Bonchev–Trinajstić information content (AvgIpc) is 2.79. The molecule has 0 aromatic rings. The molecule has 0 aliphatic carbocycles. The number of aliphatic hydroxyl groups is 1. The summed E-state index contributed by atoms with van der Waals surface area (Å²) < 4.78 is 5.80. The lowest BCUT2D eigenvalue weighted by atomic mass is 10.1. The van der Waals surface area contributed by atoms with Gasteiger partial charge in [-0.05, 0) is 18.8 Å². The van der Waals surface area contributed by atoms with Gasteiger partial charge in [-0.25, -0.2) is 0 Å². The minimum Gasteiger partial charge on any atom is -0.394 e. The first-order valence-corrected chi connectivity index (χ1v) is 7.38. The Kier molecular flexibility index (Phi) is 5.42. The van der Waals surface area contributed by atoms with Crippen molar-refractivity contribution in [1.82, 2.24) is 9.80 Å². The van der Waals surface area contributed by atoms with E-state index in [9.17, 15) is 0 Å². The van der Waals surface area contributed by atoms with E-state index in [1.807, 2.05) is 0 Å². The van der Waals surface area contributed by atoms with Gasteiger partial charge in [-0.3, -0.25) is 4.90 Å². The summed E-state index contributed by atoms with van der Waals surface area (Å²) in [6.07, 6.45) is 2.57. The fourth-order valence-corrected chi connectivity index (χ4v) is 3.01. The molecule has 2 heterocycles. The highest BCUT2D eigenvalue weighted by molar-refractivity contribution is 4.79. The van der Waals surface area contributed by atoms with Crippen molar-refractivity contribution in [2.24, 2.45) is 5.92 Å². The molecule has 2 aliphatic rings. The molecule has 18 heavy (non-hydrogen) atoms. The van der Waals surface area contributed by atoms with Crippen LogP contribution in [0.4, 0.5) is 0 Å². The highest BCUT2D eigenvalue weighted by Crippen LogP contribution is 2.20. The van der Waals surface area contributed by atoms with Gasteiger partial charge >= 0.3 is 0 Å². The molecule has 0 bridgehead atoms. The van der Waals surface area contributed by atoms with Gasteiger partial charge < -0.3 is 14.7 Å². The molecule has 2 aliphatic heterocycles. The van der Waals surface area contributed by atoms with Gasteiger partial charge in [0.1, 0.15) is 0 Å². The van der Waals surface area contributed by atoms with Crippen molar-refractivity contribution in [1.29, 1.82) is 0 Å². The molecule has 2 rings (SSSR count). The fourth-order valence-electron chi connectivity index (χ4n) is 3.01. The van der Waals surface area contributed by atoms with Crippen LogP contribution in [-0.2, 0) is 4.74 Å². The number of rotatable bonds is 5. The summed E-state index contributed by atoms with van der Waals surface area (Å²) in [6.45, 7) is 11.7. The minimum atomic E-state index is 0.0947. The van der Waals surface area contributed by atoms with Gasteiger partial charge in [0.05, 0.1) is 18.8 Å². The van der Waals surface area contributed by atoms with Crippen molar-refractivity contribution >= 4 is 0 Å². The Morgan fingerprint density at radius 2 is 1.67 bits per heavy atom. The van der Waals surface area contributed by atoms with E-state index in [0.717, 1.165) is 38.4 Å². The third kappa shape index (κ3) is 4.19. The van der Waals surface area contributed by atoms with E-state index < -0.39 is 0 Å². The Morgan fingerprint density at radius 3 is 2.22 bits per heavy atom. The summed E-state index contributed by atoms with van der Waals surface area (Å²) in [7, 11) is 0. The van der Waals surface area contributed by atoms with Crippen LogP contribution >= 0.6 is 0 Å². The lowest BCUT2D eigenvalue weighted by molar-refractivity contribution is -0.0103. The molecule has 0 spiro atoms. The third-order valence-electron chi connectivity index (χ3n) is 3.95. The number of ether oxygens (including phenoxy) is 1. The molecule has 2 atom stereocenters. The molecular formula is C14H28N2O2. The van der Waals surface area contributed by atoms with Crippen molar-refractivity contribution in [3.63, 3.8) is 0 Å². The van der Waals surface area contributed by atoms with E-state index in [4.69, 9.17) is 9.84 Å². The van der Waals surface area contributed by atoms with Gasteiger partial charge in [0.15, 0.2) is 0 Å². The number of nitrogens with zero attached hydrogens (tertiary/aromatic N) is 2. The Bertz CT molecular complexity index is 240. The summed E-state index contributed by atoms with van der Waals surface area (Å²) in [5.41, 5.74) is 0. The first-order valence-electron chi connectivity index (χ1n) is 7.38. The molecule has 0 aromatic heterocycles. The highest BCUT2D eigenvalue weighted by atomic mass is 16.5. The van der Waals surface area contributed by atoms with E-state index in [2.05, 4.69) is 23.6 Å². The monoisotopic (exact) mass is 256 g/mol. The summed E-state index contributed by atoms with van der Waals surface area (Å²) in [6, 6.07) is 0. The van der Waals surface area contributed by atoms with Crippen molar-refractivity contribution in [3.8, 4) is 0 Å². The fraction of sp³-hybridized carbons (Fsp3) is 1.00. The Hall–Kier alpha value is -0.160. The van der Waals surface area contributed by atoms with Gasteiger partial charge in [0.2, 0.25) is 0 Å². The number of hydrogen-bond donors (Lipinski definition) is 1. The number of piperazine rings is 1. The molecule has 0 aromatic carbocycles. The average molecular weight is 256 g/mol. The lowest BCUT2D eigenvalue weighted by Gasteiger charge is -2.36. The molecule has 0 unspecified atom stereocenters. The van der Waals surface area contributed by atoms with E-state index in [1.165, 1.54) is 19.6 Å². The zero-order chi connectivity index (χ0) is 13.0. The van der Waals surface area contributed by atoms with Crippen LogP contribution in [0.5, 0.6) is 0 Å². The smallest absolute Gasteiger partial charge is 0.0811 e.